The molecular weight excluding hydrogens is 190 g/mol. The summed E-state index contributed by atoms with van der Waals surface area (Å²) in [5, 5.41) is 0. The third-order valence-electron chi connectivity index (χ3n) is 0.0546. The topological polar surface area (TPSA) is 17.1 Å². The Morgan fingerprint density at radius 1 is 1.80 bits per heavy atom. The van der Waals surface area contributed by atoms with Gasteiger partial charge in [0.15, 0.2) is 0 Å². The van der Waals surface area contributed by atoms with Crippen LogP contribution in [0, 0.1) is 0 Å². The zero-order valence-electron chi connectivity index (χ0n) is 2.99. The van der Waals surface area contributed by atoms with Gasteiger partial charge in [-0.15, -0.1) is 22.6 Å². The molecule has 0 aliphatic rings. The van der Waals surface area contributed by atoms with Crippen molar-refractivity contribution in [1.82, 2.24) is 0 Å². The normalized spacial score (nSPS) is 5.00. The van der Waals surface area contributed by atoms with E-state index < -0.39 is 0 Å². The minimum atomic E-state index is 0. The van der Waals surface area contributed by atoms with Gasteiger partial charge in [0.2, 0.25) is 0 Å². The maximum absolute atomic E-state index is 9.04. The van der Waals surface area contributed by atoms with Crippen molar-refractivity contribution < 1.29 is 34.4 Å². The number of hydrogen-bond acceptors (Lipinski definition) is 1. The third-order valence-corrected chi connectivity index (χ3v) is 0.366. The molecule has 5 heavy (non-hydrogen) atoms. The molecule has 0 spiro atoms. The first-order chi connectivity index (χ1) is 1.91. The largest absolute Gasteiger partial charge is 1.00 e. The Morgan fingerprint density at radius 2 is 2.00 bits per heavy atom. The molecule has 0 aliphatic heterocycles. The zero-order valence-corrected chi connectivity index (χ0v) is 7.15. The van der Waals surface area contributed by atoms with Gasteiger partial charge in [-0.05, 0) is 0 Å². The third kappa shape index (κ3) is 10.8. The number of alkyl halides is 1. The van der Waals surface area contributed by atoms with Gasteiger partial charge in [-0.25, -0.2) is 0 Å². The molecule has 0 aliphatic carbocycles. The van der Waals surface area contributed by atoms with Gasteiger partial charge in [-0.3, -0.25) is 6.29 Å². The quantitative estimate of drug-likeness (QED) is 0.195. The van der Waals surface area contributed by atoms with Gasteiger partial charge >= 0.3 is 29.6 Å². The monoisotopic (exact) mass is 192 g/mol. The van der Waals surface area contributed by atoms with Gasteiger partial charge in [-0.1, -0.05) is 4.43 Å². The minimum absolute atomic E-state index is 0. The van der Waals surface area contributed by atoms with Crippen LogP contribution < -0.4 is 29.6 Å². The second-order valence-corrected chi connectivity index (χ2v) is 1.04. The Labute approximate surface area is 66.9 Å². The molecule has 0 radical (unpaired) electrons. The summed E-state index contributed by atoms with van der Waals surface area (Å²) in [4.78, 5) is 9.04. The first kappa shape index (κ1) is 9.64. The van der Waals surface area contributed by atoms with Crippen LogP contribution in [0.3, 0.4) is 0 Å². The Kier molecular flexibility index (Phi) is 17.4. The summed E-state index contributed by atoms with van der Waals surface area (Å²) in [7, 11) is 0. The molecule has 0 saturated carbocycles. The first-order valence-corrected chi connectivity index (χ1v) is 2.35. The predicted molar refractivity (Wildman–Crippen MR) is 24.6 cm³/mol. The number of hydrogen-bond donors (Lipinski definition) is 0. The molecule has 0 aromatic rings. The summed E-state index contributed by atoms with van der Waals surface area (Å²) in [5.41, 5.74) is 0. The van der Waals surface area contributed by atoms with Crippen LogP contribution in [0.15, 0.2) is 0 Å². The summed E-state index contributed by atoms with van der Waals surface area (Å²) < 4.78 is 0.484. The summed E-state index contributed by atoms with van der Waals surface area (Å²) in [6.07, 6.45) is 1.67. The maximum atomic E-state index is 9.04. The molecular formula is C2H2INaO. The Bertz CT molecular complexity index is 23.6. The molecule has 0 N–H and O–H groups in total. The van der Waals surface area contributed by atoms with Gasteiger partial charge in [0.05, 0.1) is 0 Å². The SMILES string of the molecule is O=[C-]CI.[Na+]. The summed E-state index contributed by atoms with van der Waals surface area (Å²) >= 11 is 1.93. The van der Waals surface area contributed by atoms with Crippen molar-refractivity contribution in [2.75, 3.05) is 4.43 Å². The van der Waals surface area contributed by atoms with Crippen LogP contribution in [0.5, 0.6) is 0 Å². The Hall–Kier alpha value is 1.40. The number of halogens is 1. The average Bonchev–Trinajstić information content (AvgIpc) is 1.37. The standard InChI is InChI=1S/C2H2IO.Na/c3-1-2-4;/h1H2;/q-1;+1. The summed E-state index contributed by atoms with van der Waals surface area (Å²) in [5.74, 6) is 0. The van der Waals surface area contributed by atoms with E-state index in [4.69, 9.17) is 4.79 Å². The molecule has 0 bridgehead atoms. The van der Waals surface area contributed by atoms with Crippen molar-refractivity contribution in [2.24, 2.45) is 0 Å². The van der Waals surface area contributed by atoms with Crippen LogP contribution in [0.25, 0.3) is 0 Å². The second-order valence-electron chi connectivity index (χ2n) is 0.278. The Balaban J connectivity index is 0. The molecule has 0 fully saturated rings. The molecule has 0 atom stereocenters. The molecule has 0 amide bonds. The van der Waals surface area contributed by atoms with E-state index in [0.29, 0.717) is 4.43 Å². The molecule has 0 unspecified atom stereocenters. The van der Waals surface area contributed by atoms with Crippen LogP contribution in [0.4, 0.5) is 0 Å². The van der Waals surface area contributed by atoms with E-state index in [0.717, 1.165) is 0 Å². The van der Waals surface area contributed by atoms with Crippen LogP contribution in [-0.2, 0) is 4.79 Å². The molecule has 0 saturated heterocycles. The summed E-state index contributed by atoms with van der Waals surface area (Å²) in [6, 6.07) is 0. The van der Waals surface area contributed by atoms with Gasteiger partial charge in [0.1, 0.15) is 0 Å². The summed E-state index contributed by atoms with van der Waals surface area (Å²) in [6.45, 7) is 0. The van der Waals surface area contributed by atoms with Crippen molar-refractivity contribution in [3.63, 3.8) is 0 Å². The molecule has 24 valence electrons. The first-order valence-electron chi connectivity index (χ1n) is 0.825. The van der Waals surface area contributed by atoms with Crippen LogP contribution >= 0.6 is 22.6 Å². The van der Waals surface area contributed by atoms with E-state index >= 15 is 0 Å². The van der Waals surface area contributed by atoms with E-state index in [9.17, 15) is 0 Å². The number of carbonyl (C=O) groups excluding carboxylic acids is 1. The fourth-order valence-corrected chi connectivity index (χ4v) is 0. The van der Waals surface area contributed by atoms with Crippen LogP contribution in [0.2, 0.25) is 0 Å². The van der Waals surface area contributed by atoms with Crippen LogP contribution in [-0.4, -0.2) is 10.7 Å². The van der Waals surface area contributed by atoms with E-state index in [2.05, 4.69) is 0 Å². The zero-order chi connectivity index (χ0) is 3.41. The maximum Gasteiger partial charge on any atom is 1.00 e. The molecule has 0 aromatic heterocycles. The van der Waals surface area contributed by atoms with E-state index in [1.165, 1.54) is 0 Å². The van der Waals surface area contributed by atoms with E-state index in [-0.39, 0.29) is 29.6 Å². The minimum Gasteiger partial charge on any atom is -0.541 e. The van der Waals surface area contributed by atoms with Gasteiger partial charge < -0.3 is 4.79 Å². The van der Waals surface area contributed by atoms with Gasteiger partial charge in [0, 0.05) is 0 Å². The average molecular weight is 192 g/mol. The molecule has 1 nitrogen and oxygen atoms in total. The number of rotatable bonds is 1. The second kappa shape index (κ2) is 9.04. The van der Waals surface area contributed by atoms with Gasteiger partial charge in [-0.2, -0.15) is 0 Å². The Morgan fingerprint density at radius 3 is 2.00 bits per heavy atom. The molecule has 0 rings (SSSR count). The van der Waals surface area contributed by atoms with E-state index in [1.54, 1.807) is 6.29 Å². The van der Waals surface area contributed by atoms with Crippen molar-refractivity contribution in [2.45, 2.75) is 0 Å². The molecule has 0 heterocycles. The fourth-order valence-electron chi connectivity index (χ4n) is 0. The van der Waals surface area contributed by atoms with Crippen molar-refractivity contribution in [1.29, 1.82) is 0 Å². The molecule has 0 aromatic carbocycles. The van der Waals surface area contributed by atoms with E-state index in [1.807, 2.05) is 22.6 Å². The van der Waals surface area contributed by atoms with Crippen molar-refractivity contribution in [3.8, 4) is 0 Å². The predicted octanol–water partition coefficient (Wildman–Crippen LogP) is -2.46. The van der Waals surface area contributed by atoms with Crippen molar-refractivity contribution >= 4 is 28.9 Å². The molecule has 3 heteroatoms. The van der Waals surface area contributed by atoms with Gasteiger partial charge in [0.25, 0.3) is 0 Å². The van der Waals surface area contributed by atoms with Crippen molar-refractivity contribution in [3.05, 3.63) is 0 Å². The van der Waals surface area contributed by atoms with Crippen LogP contribution in [0.1, 0.15) is 0 Å². The fraction of sp³-hybridized carbons (Fsp3) is 0.500. The smallest absolute Gasteiger partial charge is 0.541 e.